The van der Waals surface area contributed by atoms with Gasteiger partial charge in [-0.05, 0) is 18.4 Å². The molecule has 1 aliphatic heterocycles. The summed E-state index contributed by atoms with van der Waals surface area (Å²) < 4.78 is 11.6. The molecule has 98 valence electrons. The second kappa shape index (κ2) is 6.72. The first-order valence-electron chi connectivity index (χ1n) is 6.65. The molecule has 0 unspecified atom stereocenters. The molecule has 0 radical (unpaired) electrons. The van der Waals surface area contributed by atoms with Crippen LogP contribution in [0, 0.1) is 0 Å². The lowest BCUT2D eigenvalue weighted by Gasteiger charge is -2.34. The lowest BCUT2D eigenvalue weighted by Crippen LogP contribution is -2.37. The monoisotopic (exact) mass is 246 g/mol. The second-order valence-corrected chi connectivity index (χ2v) is 4.92. The third-order valence-corrected chi connectivity index (χ3v) is 3.51. The average Bonchev–Trinajstić information content (AvgIpc) is 2.40. The molecule has 2 heteroatoms. The van der Waals surface area contributed by atoms with Crippen molar-refractivity contribution in [1.29, 1.82) is 0 Å². The van der Waals surface area contributed by atoms with E-state index in [1.165, 1.54) is 5.56 Å². The van der Waals surface area contributed by atoms with Crippen molar-refractivity contribution >= 4 is 0 Å². The Morgan fingerprint density at radius 1 is 1.28 bits per heavy atom. The molecule has 1 aromatic carbocycles. The molecule has 0 aliphatic carbocycles. The predicted molar refractivity (Wildman–Crippen MR) is 73.7 cm³/mol. The normalized spacial score (nSPS) is 27.9. The molecule has 1 aliphatic rings. The van der Waals surface area contributed by atoms with Crippen LogP contribution in [0.5, 0.6) is 0 Å². The Hall–Kier alpha value is -1.12. The van der Waals surface area contributed by atoms with Crippen molar-refractivity contribution < 1.29 is 9.47 Å². The van der Waals surface area contributed by atoms with Gasteiger partial charge in [0.15, 0.2) is 0 Å². The van der Waals surface area contributed by atoms with E-state index in [0.717, 1.165) is 25.7 Å². The molecule has 0 aromatic heterocycles. The summed E-state index contributed by atoms with van der Waals surface area (Å²) in [4.78, 5) is 0. The number of rotatable bonds is 5. The smallest absolute Gasteiger partial charge is 0.0644 e. The van der Waals surface area contributed by atoms with Crippen molar-refractivity contribution in [3.63, 3.8) is 0 Å². The van der Waals surface area contributed by atoms with E-state index in [1.807, 2.05) is 12.1 Å². The van der Waals surface area contributed by atoms with E-state index >= 15 is 0 Å². The Morgan fingerprint density at radius 3 is 2.67 bits per heavy atom. The highest BCUT2D eigenvalue weighted by Gasteiger charge is 2.28. The molecule has 3 atom stereocenters. The van der Waals surface area contributed by atoms with Gasteiger partial charge in [0.2, 0.25) is 0 Å². The van der Waals surface area contributed by atoms with Crippen LogP contribution in [0.25, 0.3) is 0 Å². The van der Waals surface area contributed by atoms with Crippen LogP contribution in [0.4, 0.5) is 0 Å². The molecule has 1 heterocycles. The van der Waals surface area contributed by atoms with Crippen molar-refractivity contribution in [2.24, 2.45) is 0 Å². The first-order valence-corrected chi connectivity index (χ1v) is 6.65. The van der Waals surface area contributed by atoms with E-state index in [4.69, 9.17) is 9.47 Å². The number of ether oxygens (including phenoxy) is 2. The van der Waals surface area contributed by atoms with Gasteiger partial charge in [-0.3, -0.25) is 0 Å². The predicted octanol–water partition coefficient (Wildman–Crippen LogP) is 3.37. The zero-order valence-electron chi connectivity index (χ0n) is 11.0. The van der Waals surface area contributed by atoms with Gasteiger partial charge in [0.1, 0.15) is 0 Å². The van der Waals surface area contributed by atoms with Crippen LogP contribution in [0.15, 0.2) is 43.0 Å². The summed E-state index contributed by atoms with van der Waals surface area (Å²) in [5, 5.41) is 0. The lowest BCUT2D eigenvalue weighted by atomic mass is 9.95. The van der Waals surface area contributed by atoms with Crippen LogP contribution in [-0.4, -0.2) is 25.4 Å². The second-order valence-electron chi connectivity index (χ2n) is 4.92. The van der Waals surface area contributed by atoms with Gasteiger partial charge in [-0.1, -0.05) is 36.4 Å². The fraction of sp³-hybridized carbons (Fsp3) is 0.500. The molecule has 0 N–H and O–H groups in total. The minimum atomic E-state index is 0.259. The Bertz CT molecular complexity index is 361. The van der Waals surface area contributed by atoms with Gasteiger partial charge >= 0.3 is 0 Å². The minimum absolute atomic E-state index is 0.259. The van der Waals surface area contributed by atoms with E-state index in [9.17, 15) is 0 Å². The fourth-order valence-corrected chi connectivity index (χ4v) is 2.60. The Labute approximate surface area is 110 Å². The maximum atomic E-state index is 6.11. The van der Waals surface area contributed by atoms with E-state index in [-0.39, 0.29) is 12.2 Å². The average molecular weight is 246 g/mol. The quantitative estimate of drug-likeness (QED) is 0.742. The van der Waals surface area contributed by atoms with Crippen molar-refractivity contribution in [3.05, 3.63) is 48.6 Å². The van der Waals surface area contributed by atoms with E-state index < -0.39 is 0 Å². The largest absolute Gasteiger partial charge is 0.381 e. The number of hydrogen-bond acceptors (Lipinski definition) is 2. The molecule has 0 spiro atoms. The third kappa shape index (κ3) is 3.69. The fourth-order valence-electron chi connectivity index (χ4n) is 2.60. The van der Waals surface area contributed by atoms with Crippen molar-refractivity contribution in [2.45, 2.75) is 44.0 Å². The standard InChI is InChI=1S/C16H22O2/c1-3-7-14-11-15(17-2)12-16(18-14)10-13-8-5-4-6-9-13/h3-6,8-9,14-16H,1,7,10-12H2,2H3/t14-,15+,16-/m1/s1. The van der Waals surface area contributed by atoms with Gasteiger partial charge in [-0.25, -0.2) is 0 Å². The summed E-state index contributed by atoms with van der Waals surface area (Å²) >= 11 is 0. The topological polar surface area (TPSA) is 18.5 Å². The van der Waals surface area contributed by atoms with Crippen LogP contribution < -0.4 is 0 Å². The summed E-state index contributed by atoms with van der Waals surface area (Å²) in [6, 6.07) is 10.5. The highest BCUT2D eigenvalue weighted by atomic mass is 16.5. The summed E-state index contributed by atoms with van der Waals surface area (Å²) in [6.45, 7) is 3.79. The summed E-state index contributed by atoms with van der Waals surface area (Å²) in [5.74, 6) is 0. The van der Waals surface area contributed by atoms with Crippen LogP contribution in [0.1, 0.15) is 24.8 Å². The van der Waals surface area contributed by atoms with Crippen LogP contribution in [0.2, 0.25) is 0 Å². The number of benzene rings is 1. The molecular weight excluding hydrogens is 224 g/mol. The first-order chi connectivity index (χ1) is 8.81. The molecule has 0 amide bonds. The van der Waals surface area contributed by atoms with Gasteiger partial charge in [0.25, 0.3) is 0 Å². The van der Waals surface area contributed by atoms with E-state index in [1.54, 1.807) is 7.11 Å². The Kier molecular flexibility index (Phi) is 4.97. The SMILES string of the molecule is C=CC[C@@H]1C[C@H](OC)C[C@@H](Cc2ccccc2)O1. The van der Waals surface area contributed by atoms with Crippen LogP contribution in [0.3, 0.4) is 0 Å². The van der Waals surface area contributed by atoms with Crippen molar-refractivity contribution in [1.82, 2.24) is 0 Å². The van der Waals surface area contributed by atoms with Crippen LogP contribution in [-0.2, 0) is 15.9 Å². The van der Waals surface area contributed by atoms with Gasteiger partial charge in [0, 0.05) is 20.0 Å². The maximum absolute atomic E-state index is 6.11. The minimum Gasteiger partial charge on any atom is -0.381 e. The van der Waals surface area contributed by atoms with Crippen molar-refractivity contribution in [3.8, 4) is 0 Å². The number of methoxy groups -OCH3 is 1. The zero-order chi connectivity index (χ0) is 12.8. The molecule has 1 aromatic rings. The molecule has 1 fully saturated rings. The van der Waals surface area contributed by atoms with E-state index in [0.29, 0.717) is 6.10 Å². The highest BCUT2D eigenvalue weighted by molar-refractivity contribution is 5.15. The van der Waals surface area contributed by atoms with Gasteiger partial charge in [0.05, 0.1) is 18.3 Å². The molecule has 2 rings (SSSR count). The summed E-state index contributed by atoms with van der Waals surface area (Å²) in [5.41, 5.74) is 1.33. The highest BCUT2D eigenvalue weighted by Crippen LogP contribution is 2.26. The van der Waals surface area contributed by atoms with Crippen molar-refractivity contribution in [2.75, 3.05) is 7.11 Å². The molecule has 0 bridgehead atoms. The summed E-state index contributed by atoms with van der Waals surface area (Å²) in [7, 11) is 1.79. The first kappa shape index (κ1) is 13.3. The molecular formula is C16H22O2. The Balaban J connectivity index is 1.96. The molecule has 18 heavy (non-hydrogen) atoms. The van der Waals surface area contributed by atoms with E-state index in [2.05, 4.69) is 30.8 Å². The molecule has 2 nitrogen and oxygen atoms in total. The van der Waals surface area contributed by atoms with Gasteiger partial charge in [-0.2, -0.15) is 0 Å². The molecule has 0 saturated carbocycles. The van der Waals surface area contributed by atoms with Gasteiger partial charge < -0.3 is 9.47 Å². The summed E-state index contributed by atoms with van der Waals surface area (Å²) in [6.07, 6.45) is 6.61. The lowest BCUT2D eigenvalue weighted by molar-refractivity contribution is -0.103. The molecule has 1 saturated heterocycles. The van der Waals surface area contributed by atoms with Crippen LogP contribution >= 0.6 is 0 Å². The number of hydrogen-bond donors (Lipinski definition) is 0. The zero-order valence-corrected chi connectivity index (χ0v) is 11.0. The van der Waals surface area contributed by atoms with Gasteiger partial charge in [-0.15, -0.1) is 6.58 Å². The Morgan fingerprint density at radius 2 is 2.00 bits per heavy atom. The third-order valence-electron chi connectivity index (χ3n) is 3.51. The maximum Gasteiger partial charge on any atom is 0.0644 e.